The van der Waals surface area contributed by atoms with E-state index in [4.69, 9.17) is 4.52 Å². The molecule has 6 heteroatoms. The second-order valence-corrected chi connectivity index (χ2v) is 4.92. The molecule has 1 N–H and O–H groups in total. The summed E-state index contributed by atoms with van der Waals surface area (Å²) < 4.78 is 7.09. The van der Waals surface area contributed by atoms with Gasteiger partial charge in [-0.1, -0.05) is 23.4 Å². The highest BCUT2D eigenvalue weighted by Crippen LogP contribution is 2.18. The van der Waals surface area contributed by atoms with Crippen molar-refractivity contribution in [2.45, 2.75) is 19.4 Å². The van der Waals surface area contributed by atoms with Crippen LogP contribution in [0.2, 0.25) is 0 Å². The lowest BCUT2D eigenvalue weighted by Gasteiger charge is -2.04. The third-order valence-corrected chi connectivity index (χ3v) is 3.30. The molecule has 0 bridgehead atoms. The van der Waals surface area contributed by atoms with Crippen LogP contribution in [0.3, 0.4) is 0 Å². The Morgan fingerprint density at radius 3 is 2.86 bits per heavy atom. The zero-order valence-corrected chi connectivity index (χ0v) is 12.0. The average Bonchev–Trinajstić information content (AvgIpc) is 3.17. The predicted octanol–water partition coefficient (Wildman–Crippen LogP) is 2.07. The van der Waals surface area contributed by atoms with Gasteiger partial charge in [-0.3, -0.25) is 0 Å². The molecule has 0 saturated heterocycles. The Morgan fingerprint density at radius 2 is 2.10 bits per heavy atom. The smallest absolute Gasteiger partial charge is 0.261 e. The minimum atomic E-state index is 0.308. The Balaban J connectivity index is 1.80. The molecule has 1 unspecified atom stereocenters. The highest BCUT2D eigenvalue weighted by molar-refractivity contribution is 5.51. The van der Waals surface area contributed by atoms with E-state index >= 15 is 0 Å². The SMILES string of the molecule is CNC(C)Cc1noc(-c2cnn(-c3ccccc3)c2)n1. The largest absolute Gasteiger partial charge is 0.334 e. The number of benzene rings is 1. The van der Waals surface area contributed by atoms with Crippen LogP contribution in [0.5, 0.6) is 0 Å². The van der Waals surface area contributed by atoms with Gasteiger partial charge >= 0.3 is 0 Å². The van der Waals surface area contributed by atoms with Crippen LogP contribution in [0.15, 0.2) is 47.2 Å². The van der Waals surface area contributed by atoms with Gasteiger partial charge < -0.3 is 9.84 Å². The highest BCUT2D eigenvalue weighted by atomic mass is 16.5. The maximum atomic E-state index is 5.30. The summed E-state index contributed by atoms with van der Waals surface area (Å²) in [4.78, 5) is 4.40. The lowest BCUT2D eigenvalue weighted by atomic mass is 10.2. The second-order valence-electron chi connectivity index (χ2n) is 4.92. The zero-order chi connectivity index (χ0) is 14.7. The lowest BCUT2D eigenvalue weighted by molar-refractivity contribution is 0.418. The minimum absolute atomic E-state index is 0.308. The van der Waals surface area contributed by atoms with Crippen molar-refractivity contribution in [3.05, 3.63) is 48.5 Å². The molecule has 108 valence electrons. The molecule has 1 aromatic carbocycles. The first-order valence-electron chi connectivity index (χ1n) is 6.86. The second kappa shape index (κ2) is 5.88. The van der Waals surface area contributed by atoms with Crippen LogP contribution in [0, 0.1) is 0 Å². The molecule has 3 rings (SSSR count). The maximum absolute atomic E-state index is 5.30. The van der Waals surface area contributed by atoms with E-state index in [2.05, 4.69) is 27.5 Å². The molecule has 0 aliphatic carbocycles. The third-order valence-electron chi connectivity index (χ3n) is 3.30. The van der Waals surface area contributed by atoms with Crippen molar-refractivity contribution in [1.29, 1.82) is 0 Å². The van der Waals surface area contributed by atoms with Crippen molar-refractivity contribution in [1.82, 2.24) is 25.2 Å². The maximum Gasteiger partial charge on any atom is 0.261 e. The van der Waals surface area contributed by atoms with Gasteiger partial charge in [0.25, 0.3) is 5.89 Å². The topological polar surface area (TPSA) is 68.8 Å². The molecule has 0 saturated carbocycles. The monoisotopic (exact) mass is 283 g/mol. The Bertz CT molecular complexity index is 704. The van der Waals surface area contributed by atoms with Gasteiger partial charge in [-0.2, -0.15) is 10.1 Å². The molecule has 2 aromatic heterocycles. The standard InChI is InChI=1S/C15H17N5O/c1-11(16-2)8-14-18-15(21-19-14)12-9-17-20(10-12)13-6-4-3-5-7-13/h3-7,9-11,16H,8H2,1-2H3. The Kier molecular flexibility index (Phi) is 3.79. The Hall–Kier alpha value is -2.47. The summed E-state index contributed by atoms with van der Waals surface area (Å²) in [5.41, 5.74) is 1.81. The van der Waals surface area contributed by atoms with Crippen molar-refractivity contribution in [2.75, 3.05) is 7.05 Å². The summed E-state index contributed by atoms with van der Waals surface area (Å²) in [6, 6.07) is 10.2. The van der Waals surface area contributed by atoms with Crippen molar-refractivity contribution in [2.24, 2.45) is 0 Å². The van der Waals surface area contributed by atoms with Gasteiger partial charge in [-0.15, -0.1) is 0 Å². The molecule has 6 nitrogen and oxygen atoms in total. The fourth-order valence-corrected chi connectivity index (χ4v) is 1.99. The number of hydrogen-bond acceptors (Lipinski definition) is 5. The van der Waals surface area contributed by atoms with E-state index in [1.165, 1.54) is 0 Å². The Labute approximate surface area is 122 Å². The van der Waals surface area contributed by atoms with E-state index in [1.807, 2.05) is 43.6 Å². The van der Waals surface area contributed by atoms with E-state index in [9.17, 15) is 0 Å². The normalized spacial score (nSPS) is 12.5. The fraction of sp³-hybridized carbons (Fsp3) is 0.267. The number of para-hydroxylation sites is 1. The molecule has 0 fully saturated rings. The van der Waals surface area contributed by atoms with Gasteiger partial charge in [0.05, 0.1) is 17.4 Å². The predicted molar refractivity (Wildman–Crippen MR) is 79.1 cm³/mol. The number of likely N-dealkylation sites (N-methyl/N-ethyl adjacent to an activating group) is 1. The first kappa shape index (κ1) is 13.5. The lowest BCUT2D eigenvalue weighted by Crippen LogP contribution is -2.24. The number of rotatable bonds is 5. The third kappa shape index (κ3) is 3.00. The summed E-state index contributed by atoms with van der Waals surface area (Å²) in [5, 5.41) is 11.5. The van der Waals surface area contributed by atoms with Gasteiger partial charge in [-0.05, 0) is 26.1 Å². The van der Waals surface area contributed by atoms with Gasteiger partial charge in [0, 0.05) is 18.7 Å². The number of hydrogen-bond donors (Lipinski definition) is 1. The highest BCUT2D eigenvalue weighted by Gasteiger charge is 2.13. The van der Waals surface area contributed by atoms with Crippen LogP contribution in [0.1, 0.15) is 12.7 Å². The number of nitrogens with one attached hydrogen (secondary N) is 1. The summed E-state index contributed by atoms with van der Waals surface area (Å²) >= 11 is 0. The van der Waals surface area contributed by atoms with Gasteiger partial charge in [0.1, 0.15) is 0 Å². The van der Waals surface area contributed by atoms with Crippen LogP contribution in [0.25, 0.3) is 17.1 Å². The van der Waals surface area contributed by atoms with E-state index < -0.39 is 0 Å². The molecule has 0 aliphatic rings. The van der Waals surface area contributed by atoms with Crippen molar-refractivity contribution >= 4 is 0 Å². The zero-order valence-electron chi connectivity index (χ0n) is 12.0. The molecular weight excluding hydrogens is 266 g/mol. The minimum Gasteiger partial charge on any atom is -0.334 e. The van der Waals surface area contributed by atoms with E-state index in [-0.39, 0.29) is 0 Å². The van der Waals surface area contributed by atoms with Crippen molar-refractivity contribution in [3.8, 4) is 17.1 Å². The molecule has 2 heterocycles. The molecule has 3 aromatic rings. The summed E-state index contributed by atoms with van der Waals surface area (Å²) in [5.74, 6) is 1.19. The van der Waals surface area contributed by atoms with Crippen LogP contribution in [-0.2, 0) is 6.42 Å². The summed E-state index contributed by atoms with van der Waals surface area (Å²) in [6.45, 7) is 2.07. The number of nitrogens with zero attached hydrogens (tertiary/aromatic N) is 4. The Morgan fingerprint density at radius 1 is 1.29 bits per heavy atom. The van der Waals surface area contributed by atoms with E-state index in [1.54, 1.807) is 10.9 Å². The van der Waals surface area contributed by atoms with Gasteiger partial charge in [0.15, 0.2) is 5.82 Å². The molecule has 21 heavy (non-hydrogen) atoms. The van der Waals surface area contributed by atoms with Crippen LogP contribution in [-0.4, -0.2) is 33.0 Å². The van der Waals surface area contributed by atoms with E-state index in [0.717, 1.165) is 17.7 Å². The van der Waals surface area contributed by atoms with Gasteiger partial charge in [-0.25, -0.2) is 4.68 Å². The van der Waals surface area contributed by atoms with E-state index in [0.29, 0.717) is 17.8 Å². The van der Waals surface area contributed by atoms with Crippen LogP contribution >= 0.6 is 0 Å². The molecule has 0 spiro atoms. The first-order valence-corrected chi connectivity index (χ1v) is 6.86. The number of aromatic nitrogens is 4. The summed E-state index contributed by atoms with van der Waals surface area (Å²) in [6.07, 6.45) is 4.34. The quantitative estimate of drug-likeness (QED) is 0.776. The molecule has 1 atom stereocenters. The molecule has 0 radical (unpaired) electrons. The first-order chi connectivity index (χ1) is 10.3. The van der Waals surface area contributed by atoms with Crippen LogP contribution < -0.4 is 5.32 Å². The van der Waals surface area contributed by atoms with Crippen LogP contribution in [0.4, 0.5) is 0 Å². The molecule has 0 aliphatic heterocycles. The molecule has 0 amide bonds. The van der Waals surface area contributed by atoms with Crippen molar-refractivity contribution < 1.29 is 4.52 Å². The van der Waals surface area contributed by atoms with Gasteiger partial charge in [0.2, 0.25) is 0 Å². The average molecular weight is 283 g/mol. The fourth-order valence-electron chi connectivity index (χ4n) is 1.99. The van der Waals surface area contributed by atoms with Crippen molar-refractivity contribution in [3.63, 3.8) is 0 Å². The summed E-state index contributed by atoms with van der Waals surface area (Å²) in [7, 11) is 1.91. The molecular formula is C15H17N5O.